The van der Waals surface area contributed by atoms with Crippen molar-refractivity contribution in [2.24, 2.45) is 0 Å². The van der Waals surface area contributed by atoms with Gasteiger partial charge in [0.1, 0.15) is 0 Å². The second-order valence-electron chi connectivity index (χ2n) is 5.00. The molecule has 23 heavy (non-hydrogen) atoms. The summed E-state index contributed by atoms with van der Waals surface area (Å²) in [6.45, 7) is 1.80. The number of rotatable bonds is 6. The van der Waals surface area contributed by atoms with Crippen LogP contribution in [0, 0.1) is 0 Å². The number of carbonyl (C=O) groups excluding carboxylic acids is 1. The van der Waals surface area contributed by atoms with Gasteiger partial charge in [-0.2, -0.15) is 4.72 Å². The minimum absolute atomic E-state index is 0.123. The molecule has 0 aliphatic rings. The fourth-order valence-corrected chi connectivity index (χ4v) is 3.25. The van der Waals surface area contributed by atoms with Gasteiger partial charge in [-0.3, -0.25) is 4.79 Å². The van der Waals surface area contributed by atoms with Crippen LogP contribution in [0.2, 0.25) is 5.02 Å². The number of hydrogen-bond donors (Lipinski definition) is 2. The first-order valence-corrected chi connectivity index (χ1v) is 8.84. The van der Waals surface area contributed by atoms with Gasteiger partial charge >= 0.3 is 0 Å². The van der Waals surface area contributed by atoms with Gasteiger partial charge < -0.3 is 5.32 Å². The predicted molar refractivity (Wildman–Crippen MR) is 89.5 cm³/mol. The van der Waals surface area contributed by atoms with Crippen molar-refractivity contribution in [3.8, 4) is 0 Å². The number of amides is 1. The zero-order chi connectivity index (χ0) is 16.9. The highest BCUT2D eigenvalue weighted by Gasteiger charge is 2.21. The first-order chi connectivity index (χ1) is 10.9. The molecule has 1 atom stereocenters. The van der Waals surface area contributed by atoms with Crippen molar-refractivity contribution < 1.29 is 13.2 Å². The Hall–Kier alpha value is -1.89. The summed E-state index contributed by atoms with van der Waals surface area (Å²) in [5, 5.41) is 3.30. The summed E-state index contributed by atoms with van der Waals surface area (Å²) < 4.78 is 26.7. The van der Waals surface area contributed by atoms with Crippen LogP contribution in [0.3, 0.4) is 0 Å². The summed E-state index contributed by atoms with van der Waals surface area (Å²) in [5.74, 6) is -0.403. The first-order valence-electron chi connectivity index (χ1n) is 6.98. The molecule has 0 saturated heterocycles. The van der Waals surface area contributed by atoms with Gasteiger partial charge in [0.15, 0.2) is 0 Å². The van der Waals surface area contributed by atoms with E-state index in [2.05, 4.69) is 10.0 Å². The number of benzene rings is 2. The SMILES string of the molecule is C[C@H](NS(=O)(=O)c1ccccc1)C(=O)NCc1ccc(Cl)cc1. The lowest BCUT2D eigenvalue weighted by Crippen LogP contribution is -2.44. The second-order valence-corrected chi connectivity index (χ2v) is 7.15. The van der Waals surface area contributed by atoms with E-state index >= 15 is 0 Å². The fraction of sp³-hybridized carbons (Fsp3) is 0.188. The van der Waals surface area contributed by atoms with Crippen LogP contribution in [0.25, 0.3) is 0 Å². The van der Waals surface area contributed by atoms with E-state index in [1.165, 1.54) is 19.1 Å². The van der Waals surface area contributed by atoms with Crippen molar-refractivity contribution in [1.29, 1.82) is 0 Å². The van der Waals surface area contributed by atoms with Crippen LogP contribution >= 0.6 is 11.6 Å². The van der Waals surface area contributed by atoms with Gasteiger partial charge in [0.05, 0.1) is 10.9 Å². The molecule has 0 spiro atoms. The third-order valence-electron chi connectivity index (χ3n) is 3.16. The highest BCUT2D eigenvalue weighted by molar-refractivity contribution is 7.89. The maximum Gasteiger partial charge on any atom is 0.241 e. The minimum atomic E-state index is -3.72. The molecule has 0 heterocycles. The van der Waals surface area contributed by atoms with Crippen LogP contribution in [0.15, 0.2) is 59.5 Å². The Balaban J connectivity index is 1.93. The number of hydrogen-bond acceptors (Lipinski definition) is 3. The molecule has 122 valence electrons. The first kappa shape index (κ1) is 17.5. The Morgan fingerprint density at radius 1 is 1.09 bits per heavy atom. The molecular weight excluding hydrogens is 336 g/mol. The Labute approximate surface area is 140 Å². The summed E-state index contributed by atoms with van der Waals surface area (Å²) in [5.41, 5.74) is 0.876. The number of halogens is 1. The molecule has 0 unspecified atom stereocenters. The van der Waals surface area contributed by atoms with Crippen LogP contribution in [0.1, 0.15) is 12.5 Å². The van der Waals surface area contributed by atoms with Crippen molar-refractivity contribution in [1.82, 2.24) is 10.0 Å². The average molecular weight is 353 g/mol. The average Bonchev–Trinajstić information content (AvgIpc) is 2.54. The van der Waals surface area contributed by atoms with Crippen LogP contribution in [0.4, 0.5) is 0 Å². The largest absolute Gasteiger partial charge is 0.351 e. The molecule has 0 bridgehead atoms. The van der Waals surface area contributed by atoms with Gasteiger partial charge in [-0.25, -0.2) is 8.42 Å². The second kappa shape index (κ2) is 7.59. The van der Waals surface area contributed by atoms with Crippen molar-refractivity contribution in [2.75, 3.05) is 0 Å². The zero-order valence-electron chi connectivity index (χ0n) is 12.5. The summed E-state index contributed by atoms with van der Waals surface area (Å²) in [7, 11) is -3.72. The van der Waals surface area contributed by atoms with Crippen LogP contribution < -0.4 is 10.0 Å². The third-order valence-corrected chi connectivity index (χ3v) is 4.97. The van der Waals surface area contributed by atoms with Gasteiger partial charge in [-0.15, -0.1) is 0 Å². The Bertz CT molecular complexity index is 762. The van der Waals surface area contributed by atoms with E-state index in [-0.39, 0.29) is 4.90 Å². The lowest BCUT2D eigenvalue weighted by Gasteiger charge is -2.14. The molecule has 0 radical (unpaired) electrons. The van der Waals surface area contributed by atoms with Crippen LogP contribution in [0.5, 0.6) is 0 Å². The van der Waals surface area contributed by atoms with Gasteiger partial charge in [0.2, 0.25) is 15.9 Å². The molecule has 5 nitrogen and oxygen atoms in total. The molecule has 2 rings (SSSR count). The van der Waals surface area contributed by atoms with Gasteiger partial charge in [0.25, 0.3) is 0 Å². The smallest absolute Gasteiger partial charge is 0.241 e. The molecule has 0 aliphatic heterocycles. The molecule has 0 aromatic heterocycles. The number of carbonyl (C=O) groups is 1. The quantitative estimate of drug-likeness (QED) is 0.837. The third kappa shape index (κ3) is 5.06. The Morgan fingerprint density at radius 2 is 1.70 bits per heavy atom. The zero-order valence-corrected chi connectivity index (χ0v) is 14.1. The summed E-state index contributed by atoms with van der Waals surface area (Å²) in [6.07, 6.45) is 0. The summed E-state index contributed by atoms with van der Waals surface area (Å²) >= 11 is 5.79. The normalized spacial score (nSPS) is 12.6. The van der Waals surface area contributed by atoms with E-state index in [1.54, 1.807) is 42.5 Å². The van der Waals surface area contributed by atoms with Gasteiger partial charge in [-0.05, 0) is 36.8 Å². The molecule has 0 saturated carbocycles. The minimum Gasteiger partial charge on any atom is -0.351 e. The summed E-state index contributed by atoms with van der Waals surface area (Å²) in [6, 6.07) is 14.1. The fourth-order valence-electron chi connectivity index (χ4n) is 1.90. The van der Waals surface area contributed by atoms with Gasteiger partial charge in [-0.1, -0.05) is 41.9 Å². The van der Waals surface area contributed by atoms with Crippen LogP contribution in [-0.4, -0.2) is 20.4 Å². The maximum atomic E-state index is 12.2. The highest BCUT2D eigenvalue weighted by Crippen LogP contribution is 2.10. The molecule has 2 N–H and O–H groups in total. The van der Waals surface area contributed by atoms with E-state index < -0.39 is 22.0 Å². The van der Waals surface area contributed by atoms with Crippen molar-refractivity contribution in [3.05, 3.63) is 65.2 Å². The lowest BCUT2D eigenvalue weighted by atomic mass is 10.2. The van der Waals surface area contributed by atoms with Crippen LogP contribution in [-0.2, 0) is 21.4 Å². The topological polar surface area (TPSA) is 75.3 Å². The molecule has 0 fully saturated rings. The van der Waals surface area contributed by atoms with Crippen molar-refractivity contribution >= 4 is 27.5 Å². The molecule has 1 amide bonds. The predicted octanol–water partition coefficient (Wildman–Crippen LogP) is 2.32. The molecule has 7 heteroatoms. The van der Waals surface area contributed by atoms with Crippen molar-refractivity contribution in [3.63, 3.8) is 0 Å². The maximum absolute atomic E-state index is 12.2. The lowest BCUT2D eigenvalue weighted by molar-refractivity contribution is -0.122. The van der Waals surface area contributed by atoms with E-state index in [0.29, 0.717) is 11.6 Å². The van der Waals surface area contributed by atoms with E-state index in [1.807, 2.05) is 0 Å². The van der Waals surface area contributed by atoms with E-state index in [4.69, 9.17) is 11.6 Å². The molecule has 2 aromatic rings. The van der Waals surface area contributed by atoms with E-state index in [0.717, 1.165) is 5.56 Å². The summed E-state index contributed by atoms with van der Waals surface area (Å²) in [4.78, 5) is 12.2. The van der Waals surface area contributed by atoms with Crippen molar-refractivity contribution in [2.45, 2.75) is 24.4 Å². The standard InChI is InChI=1S/C16H17ClN2O3S/c1-12(19-23(21,22)15-5-3-2-4-6-15)16(20)18-11-13-7-9-14(17)10-8-13/h2-10,12,19H,11H2,1H3,(H,18,20)/t12-/m0/s1. The molecular formula is C16H17ClN2O3S. The Morgan fingerprint density at radius 3 is 2.30 bits per heavy atom. The van der Waals surface area contributed by atoms with E-state index in [9.17, 15) is 13.2 Å². The number of nitrogens with one attached hydrogen (secondary N) is 2. The Kier molecular flexibility index (Phi) is 5.76. The molecule has 0 aliphatic carbocycles. The van der Waals surface area contributed by atoms with Gasteiger partial charge in [0, 0.05) is 11.6 Å². The number of sulfonamides is 1. The highest BCUT2D eigenvalue weighted by atomic mass is 35.5. The monoisotopic (exact) mass is 352 g/mol. The molecule has 2 aromatic carbocycles.